The molecule has 0 radical (unpaired) electrons. The van der Waals surface area contributed by atoms with Crippen LogP contribution in [0.15, 0.2) is 54.9 Å². The second kappa shape index (κ2) is 8.95. The van der Waals surface area contributed by atoms with Gasteiger partial charge in [0.2, 0.25) is 0 Å². The molecule has 0 amide bonds. The zero-order valence-corrected chi connectivity index (χ0v) is 17.3. The second-order valence-corrected chi connectivity index (χ2v) is 7.73. The fourth-order valence-electron chi connectivity index (χ4n) is 3.95. The van der Waals surface area contributed by atoms with Gasteiger partial charge in [0.25, 0.3) is 0 Å². The van der Waals surface area contributed by atoms with Crippen LogP contribution in [0.3, 0.4) is 0 Å². The Morgan fingerprint density at radius 2 is 1.63 bits per heavy atom. The smallest absolute Gasteiger partial charge is 0.142 e. The molecule has 1 aromatic heterocycles. The Morgan fingerprint density at radius 1 is 0.967 bits per heavy atom. The molecule has 2 aromatic carbocycles. The van der Waals surface area contributed by atoms with E-state index in [9.17, 15) is 4.39 Å². The predicted octanol–water partition coefficient (Wildman–Crippen LogP) is 3.34. The minimum absolute atomic E-state index is 0.136. The first-order valence-electron chi connectivity index (χ1n) is 9.87. The van der Waals surface area contributed by atoms with Gasteiger partial charge in [0.15, 0.2) is 0 Å². The van der Waals surface area contributed by atoms with Crippen LogP contribution in [0.4, 0.5) is 16.0 Å². The van der Waals surface area contributed by atoms with Crippen molar-refractivity contribution < 1.29 is 4.39 Å². The third-order valence-corrected chi connectivity index (χ3v) is 5.77. The molecule has 4 N–H and O–H groups in total. The molecule has 0 spiro atoms. The molecule has 30 heavy (non-hydrogen) atoms. The topological polar surface area (TPSA) is 84.3 Å². The molecule has 0 bridgehead atoms. The first kappa shape index (κ1) is 20.5. The van der Waals surface area contributed by atoms with Crippen molar-refractivity contribution in [2.45, 2.75) is 6.04 Å². The van der Waals surface area contributed by atoms with Crippen molar-refractivity contribution in [1.82, 2.24) is 14.9 Å². The summed E-state index contributed by atoms with van der Waals surface area (Å²) in [6.45, 7) is 3.74. The number of anilines is 2. The van der Waals surface area contributed by atoms with Gasteiger partial charge in [-0.2, -0.15) is 0 Å². The number of nitrogens with two attached hydrogens (primary N) is 2. The van der Waals surface area contributed by atoms with Crippen molar-refractivity contribution in [3.8, 4) is 11.1 Å². The predicted molar refractivity (Wildman–Crippen MR) is 119 cm³/mol. The van der Waals surface area contributed by atoms with E-state index in [1.54, 1.807) is 12.1 Å². The molecule has 156 valence electrons. The molecule has 1 aliphatic rings. The van der Waals surface area contributed by atoms with Crippen molar-refractivity contribution in [3.63, 3.8) is 0 Å². The fourth-order valence-corrected chi connectivity index (χ4v) is 4.07. The van der Waals surface area contributed by atoms with Crippen molar-refractivity contribution in [2.24, 2.45) is 5.73 Å². The highest BCUT2D eigenvalue weighted by molar-refractivity contribution is 6.30. The molecule has 3 aromatic rings. The number of benzene rings is 2. The van der Waals surface area contributed by atoms with E-state index in [4.69, 9.17) is 23.1 Å². The second-order valence-electron chi connectivity index (χ2n) is 7.29. The van der Waals surface area contributed by atoms with Crippen molar-refractivity contribution >= 4 is 23.2 Å². The van der Waals surface area contributed by atoms with Gasteiger partial charge >= 0.3 is 0 Å². The van der Waals surface area contributed by atoms with Crippen molar-refractivity contribution in [1.29, 1.82) is 0 Å². The summed E-state index contributed by atoms with van der Waals surface area (Å²) in [7, 11) is 0. The maximum absolute atomic E-state index is 13.4. The van der Waals surface area contributed by atoms with Gasteiger partial charge in [-0.15, -0.1) is 0 Å². The average Bonchev–Trinajstić information content (AvgIpc) is 2.77. The Labute approximate surface area is 180 Å². The molecule has 1 unspecified atom stereocenters. The largest absolute Gasteiger partial charge is 0.383 e. The van der Waals surface area contributed by atoms with Gasteiger partial charge in [0.1, 0.15) is 23.8 Å². The molecule has 8 heteroatoms. The summed E-state index contributed by atoms with van der Waals surface area (Å²) in [5.74, 6) is 0.860. The van der Waals surface area contributed by atoms with Crippen molar-refractivity contribution in [3.05, 3.63) is 71.3 Å². The van der Waals surface area contributed by atoms with E-state index in [1.807, 2.05) is 24.3 Å². The van der Waals surface area contributed by atoms with E-state index in [0.29, 0.717) is 17.4 Å². The van der Waals surface area contributed by atoms with Gasteiger partial charge in [-0.1, -0.05) is 35.9 Å². The molecule has 0 saturated carbocycles. The van der Waals surface area contributed by atoms with E-state index >= 15 is 0 Å². The normalized spacial score (nSPS) is 15.9. The van der Waals surface area contributed by atoms with Crippen LogP contribution in [-0.4, -0.2) is 47.6 Å². The number of nitrogens with zero attached hydrogens (tertiary/aromatic N) is 4. The monoisotopic (exact) mass is 426 g/mol. The highest BCUT2D eigenvalue weighted by Crippen LogP contribution is 2.34. The molecule has 1 saturated heterocycles. The zero-order valence-electron chi connectivity index (χ0n) is 16.5. The summed E-state index contributed by atoms with van der Waals surface area (Å²) in [5.41, 5.74) is 15.0. The van der Waals surface area contributed by atoms with Crippen molar-refractivity contribution in [2.75, 3.05) is 43.4 Å². The van der Waals surface area contributed by atoms with Gasteiger partial charge in [0.05, 0.1) is 5.56 Å². The summed E-state index contributed by atoms with van der Waals surface area (Å²) in [6, 6.07) is 14.2. The lowest BCUT2D eigenvalue weighted by molar-refractivity contribution is 0.190. The number of piperazine rings is 1. The molecule has 1 aliphatic heterocycles. The zero-order chi connectivity index (χ0) is 21.1. The van der Waals surface area contributed by atoms with Crippen LogP contribution in [0, 0.1) is 5.82 Å². The molecule has 4 rings (SSSR count). The molecular weight excluding hydrogens is 403 g/mol. The average molecular weight is 427 g/mol. The molecule has 1 fully saturated rings. The number of hydrogen-bond donors (Lipinski definition) is 2. The lowest BCUT2D eigenvalue weighted by Gasteiger charge is -2.40. The number of rotatable bonds is 5. The van der Waals surface area contributed by atoms with Crippen LogP contribution in [0.1, 0.15) is 11.6 Å². The first-order chi connectivity index (χ1) is 14.6. The van der Waals surface area contributed by atoms with Gasteiger partial charge in [0, 0.05) is 43.8 Å². The number of hydrogen-bond acceptors (Lipinski definition) is 6. The number of halogens is 2. The van der Waals surface area contributed by atoms with E-state index in [0.717, 1.165) is 48.7 Å². The Morgan fingerprint density at radius 3 is 2.27 bits per heavy atom. The van der Waals surface area contributed by atoms with Gasteiger partial charge in [-0.3, -0.25) is 4.90 Å². The summed E-state index contributed by atoms with van der Waals surface area (Å²) < 4.78 is 13.4. The highest BCUT2D eigenvalue weighted by atomic mass is 35.5. The lowest BCUT2D eigenvalue weighted by atomic mass is 10.0. The first-order valence-corrected chi connectivity index (χ1v) is 10.3. The number of nitrogen functional groups attached to an aromatic ring is 1. The maximum atomic E-state index is 13.4. The van der Waals surface area contributed by atoms with E-state index in [-0.39, 0.29) is 11.9 Å². The Kier molecular flexibility index (Phi) is 6.13. The third kappa shape index (κ3) is 4.23. The lowest BCUT2D eigenvalue weighted by Crippen LogP contribution is -2.49. The van der Waals surface area contributed by atoms with Crippen LogP contribution in [0.2, 0.25) is 5.02 Å². The van der Waals surface area contributed by atoms with Crippen LogP contribution in [0.25, 0.3) is 11.1 Å². The molecule has 2 heterocycles. The van der Waals surface area contributed by atoms with E-state index in [1.165, 1.54) is 18.5 Å². The van der Waals surface area contributed by atoms with Gasteiger partial charge in [-0.05, 0) is 35.4 Å². The summed E-state index contributed by atoms with van der Waals surface area (Å²) in [4.78, 5) is 13.2. The SMILES string of the molecule is NCC(c1ccc(Cl)cc1)N1CCN(c2ncnc(N)c2-c2ccc(F)cc2)CC1. The Bertz CT molecular complexity index is 988. The molecular formula is C22H24ClFN6. The van der Waals surface area contributed by atoms with Crippen LogP contribution in [0.5, 0.6) is 0 Å². The summed E-state index contributed by atoms with van der Waals surface area (Å²) in [6.07, 6.45) is 1.47. The van der Waals surface area contributed by atoms with Gasteiger partial charge in [-0.25, -0.2) is 14.4 Å². The van der Waals surface area contributed by atoms with Crippen LogP contribution < -0.4 is 16.4 Å². The summed E-state index contributed by atoms with van der Waals surface area (Å²) >= 11 is 6.02. The third-order valence-electron chi connectivity index (χ3n) is 5.52. The molecule has 1 atom stereocenters. The minimum Gasteiger partial charge on any atom is -0.383 e. The highest BCUT2D eigenvalue weighted by Gasteiger charge is 2.27. The maximum Gasteiger partial charge on any atom is 0.142 e. The van der Waals surface area contributed by atoms with Crippen LogP contribution >= 0.6 is 11.6 Å². The van der Waals surface area contributed by atoms with Crippen LogP contribution in [-0.2, 0) is 0 Å². The van der Waals surface area contributed by atoms with Gasteiger partial charge < -0.3 is 16.4 Å². The fraction of sp³-hybridized carbons (Fsp3) is 0.273. The van der Waals surface area contributed by atoms with E-state index < -0.39 is 0 Å². The number of aromatic nitrogens is 2. The minimum atomic E-state index is -0.292. The van der Waals surface area contributed by atoms with E-state index in [2.05, 4.69) is 19.8 Å². The standard InChI is InChI=1S/C22H24ClFN6/c23-17-5-1-15(2-6-17)19(13-25)29-9-11-30(12-10-29)22-20(21(26)27-14-28-22)16-3-7-18(24)8-4-16/h1-8,14,19H,9-13,25H2,(H2,26,27,28). The molecule has 0 aliphatic carbocycles. The Hall–Kier alpha value is -2.74. The molecule has 6 nitrogen and oxygen atoms in total. The Balaban J connectivity index is 1.54. The quantitative estimate of drug-likeness (QED) is 0.651. The summed E-state index contributed by atoms with van der Waals surface area (Å²) in [5, 5.41) is 0.717.